The fourth-order valence-electron chi connectivity index (χ4n) is 1.15. The fourth-order valence-corrected chi connectivity index (χ4v) is 1.59. The second-order valence-corrected chi connectivity index (χ2v) is 4.15. The molecule has 2 N–H and O–H groups in total. The summed E-state index contributed by atoms with van der Waals surface area (Å²) in [6.07, 6.45) is 0.731. The third-order valence-corrected chi connectivity index (χ3v) is 2.79. The van der Waals surface area contributed by atoms with Crippen LogP contribution < -0.4 is 4.74 Å². The minimum absolute atomic E-state index is 0.0371. The Morgan fingerprint density at radius 1 is 1.35 bits per heavy atom. The summed E-state index contributed by atoms with van der Waals surface area (Å²) in [5.41, 5.74) is -0.0371. The van der Waals surface area contributed by atoms with Crippen LogP contribution in [0, 0.1) is 0 Å². The summed E-state index contributed by atoms with van der Waals surface area (Å²) in [5.74, 6) is -2.23. The van der Waals surface area contributed by atoms with Crippen LogP contribution in [0.25, 0.3) is 0 Å². The van der Waals surface area contributed by atoms with Crippen molar-refractivity contribution >= 4 is 23.7 Å². The molecule has 0 saturated carbocycles. The van der Waals surface area contributed by atoms with Crippen molar-refractivity contribution in [3.8, 4) is 5.75 Å². The molecule has 0 heterocycles. The number of rotatable bonds is 5. The predicted octanol–water partition coefficient (Wildman–Crippen LogP) is 1.96. The topological polar surface area (TPSA) is 83.8 Å². The summed E-state index contributed by atoms with van der Waals surface area (Å²) < 4.78 is 5.08. The molecule has 0 spiro atoms. The highest BCUT2D eigenvalue weighted by molar-refractivity contribution is 7.98. The summed E-state index contributed by atoms with van der Waals surface area (Å²) in [7, 11) is 0. The van der Waals surface area contributed by atoms with Crippen LogP contribution in [-0.4, -0.2) is 34.5 Å². The Hall–Kier alpha value is -1.69. The Balaban J connectivity index is 3.06. The predicted molar refractivity (Wildman–Crippen MR) is 62.9 cm³/mol. The van der Waals surface area contributed by atoms with E-state index in [-0.39, 0.29) is 11.3 Å². The van der Waals surface area contributed by atoms with Gasteiger partial charge in [-0.25, -0.2) is 9.59 Å². The molecule has 0 saturated heterocycles. The van der Waals surface area contributed by atoms with Crippen molar-refractivity contribution in [2.75, 3.05) is 6.26 Å². The molecule has 1 aromatic rings. The smallest absolute Gasteiger partial charge is 0.344 e. The zero-order valence-electron chi connectivity index (χ0n) is 9.34. The van der Waals surface area contributed by atoms with Crippen LogP contribution in [-0.2, 0) is 4.79 Å². The minimum Gasteiger partial charge on any atom is -0.479 e. The molecule has 92 valence electrons. The maximum Gasteiger partial charge on any atom is 0.344 e. The molecule has 5 nitrogen and oxygen atoms in total. The van der Waals surface area contributed by atoms with Gasteiger partial charge in [0.2, 0.25) is 0 Å². The van der Waals surface area contributed by atoms with Crippen molar-refractivity contribution in [1.82, 2.24) is 0 Å². The molecule has 0 aromatic heterocycles. The number of hydrogen-bond donors (Lipinski definition) is 2. The first-order valence-corrected chi connectivity index (χ1v) is 5.99. The lowest BCUT2D eigenvalue weighted by molar-refractivity contribution is -0.144. The van der Waals surface area contributed by atoms with Crippen molar-refractivity contribution in [2.45, 2.75) is 17.9 Å². The van der Waals surface area contributed by atoms with Gasteiger partial charge in [0.1, 0.15) is 11.3 Å². The molecule has 0 fully saturated rings. The van der Waals surface area contributed by atoms with Crippen molar-refractivity contribution in [3.63, 3.8) is 0 Å². The molecule has 0 bridgehead atoms. The van der Waals surface area contributed by atoms with Gasteiger partial charge in [-0.2, -0.15) is 0 Å². The molecule has 0 aliphatic heterocycles. The zero-order chi connectivity index (χ0) is 13.0. The number of aliphatic carboxylic acids is 1. The molecule has 1 unspecified atom stereocenters. The molecule has 1 atom stereocenters. The van der Waals surface area contributed by atoms with E-state index in [1.54, 1.807) is 6.07 Å². The molecule has 0 aliphatic rings. The van der Waals surface area contributed by atoms with E-state index in [1.807, 2.05) is 6.26 Å². The average Bonchev–Trinajstić information content (AvgIpc) is 2.29. The fraction of sp³-hybridized carbons (Fsp3) is 0.273. The largest absolute Gasteiger partial charge is 0.479 e. The summed E-state index contributed by atoms with van der Waals surface area (Å²) in [6.45, 7) is 1.34. The Morgan fingerprint density at radius 2 is 2.00 bits per heavy atom. The lowest BCUT2D eigenvalue weighted by atomic mass is 10.2. The third kappa shape index (κ3) is 3.39. The molecule has 0 amide bonds. The standard InChI is InChI=1S/C11H12O5S/c1-6(10(12)13)16-9-4-3-7(17-2)5-8(9)11(14)15/h3-6H,1-2H3,(H,12,13)(H,14,15). The first-order chi connectivity index (χ1) is 7.95. The highest BCUT2D eigenvalue weighted by atomic mass is 32.2. The second kappa shape index (κ2) is 5.58. The van der Waals surface area contributed by atoms with Gasteiger partial charge in [-0.15, -0.1) is 11.8 Å². The maximum absolute atomic E-state index is 11.0. The van der Waals surface area contributed by atoms with E-state index in [0.29, 0.717) is 0 Å². The summed E-state index contributed by atoms with van der Waals surface area (Å²) in [5, 5.41) is 17.7. The third-order valence-electron chi connectivity index (χ3n) is 2.07. The number of carboxylic acid groups (broad SMARTS) is 2. The number of carboxylic acids is 2. The first kappa shape index (κ1) is 13.4. The van der Waals surface area contributed by atoms with Gasteiger partial charge in [-0.05, 0) is 31.4 Å². The Labute approximate surface area is 102 Å². The molecule has 1 aromatic carbocycles. The monoisotopic (exact) mass is 256 g/mol. The van der Waals surface area contributed by atoms with Gasteiger partial charge in [-0.3, -0.25) is 0 Å². The van der Waals surface area contributed by atoms with Crippen LogP contribution in [0.5, 0.6) is 5.75 Å². The quantitative estimate of drug-likeness (QED) is 0.783. The highest BCUT2D eigenvalue weighted by Crippen LogP contribution is 2.25. The number of aromatic carboxylic acids is 1. The van der Waals surface area contributed by atoms with Crippen LogP contribution in [0.3, 0.4) is 0 Å². The number of benzene rings is 1. The van der Waals surface area contributed by atoms with E-state index in [2.05, 4.69) is 0 Å². The van der Waals surface area contributed by atoms with Crippen LogP contribution in [0.1, 0.15) is 17.3 Å². The van der Waals surface area contributed by atoms with E-state index in [0.717, 1.165) is 4.90 Å². The summed E-state index contributed by atoms with van der Waals surface area (Å²) >= 11 is 1.40. The highest BCUT2D eigenvalue weighted by Gasteiger charge is 2.18. The van der Waals surface area contributed by atoms with E-state index >= 15 is 0 Å². The number of hydrogen-bond acceptors (Lipinski definition) is 4. The van der Waals surface area contributed by atoms with Crippen LogP contribution in [0.2, 0.25) is 0 Å². The summed E-state index contributed by atoms with van der Waals surface area (Å²) in [4.78, 5) is 22.4. The second-order valence-electron chi connectivity index (χ2n) is 3.27. The lowest BCUT2D eigenvalue weighted by Crippen LogP contribution is -2.23. The number of thioether (sulfide) groups is 1. The normalized spacial score (nSPS) is 11.9. The summed E-state index contributed by atoms with van der Waals surface area (Å²) in [6, 6.07) is 4.60. The lowest BCUT2D eigenvalue weighted by Gasteiger charge is -2.13. The van der Waals surface area contributed by atoms with E-state index in [9.17, 15) is 9.59 Å². The average molecular weight is 256 g/mol. The van der Waals surface area contributed by atoms with Crippen molar-refractivity contribution in [2.24, 2.45) is 0 Å². The van der Waals surface area contributed by atoms with Crippen molar-refractivity contribution < 1.29 is 24.5 Å². The SMILES string of the molecule is CSc1ccc(OC(C)C(=O)O)c(C(=O)O)c1. The molecule has 17 heavy (non-hydrogen) atoms. The minimum atomic E-state index is -1.14. The van der Waals surface area contributed by atoms with Crippen molar-refractivity contribution in [1.29, 1.82) is 0 Å². The van der Waals surface area contributed by atoms with Gasteiger partial charge in [-0.1, -0.05) is 0 Å². The first-order valence-electron chi connectivity index (χ1n) is 4.76. The van der Waals surface area contributed by atoms with Crippen LogP contribution >= 0.6 is 11.8 Å². The van der Waals surface area contributed by atoms with Gasteiger partial charge in [0, 0.05) is 4.90 Å². The van der Waals surface area contributed by atoms with Crippen LogP contribution in [0.15, 0.2) is 23.1 Å². The van der Waals surface area contributed by atoms with Gasteiger partial charge >= 0.3 is 11.9 Å². The van der Waals surface area contributed by atoms with Crippen molar-refractivity contribution in [3.05, 3.63) is 23.8 Å². The van der Waals surface area contributed by atoms with E-state index < -0.39 is 18.0 Å². The molecule has 1 rings (SSSR count). The van der Waals surface area contributed by atoms with Gasteiger partial charge in [0.15, 0.2) is 6.10 Å². The molecular weight excluding hydrogens is 244 g/mol. The number of ether oxygens (including phenoxy) is 1. The zero-order valence-corrected chi connectivity index (χ0v) is 10.2. The van der Waals surface area contributed by atoms with Gasteiger partial charge in [0.25, 0.3) is 0 Å². The Bertz CT molecular complexity index is 443. The van der Waals surface area contributed by atoms with E-state index in [4.69, 9.17) is 14.9 Å². The Kier molecular flexibility index (Phi) is 4.39. The van der Waals surface area contributed by atoms with E-state index in [1.165, 1.54) is 30.8 Å². The van der Waals surface area contributed by atoms with Gasteiger partial charge in [0.05, 0.1) is 0 Å². The van der Waals surface area contributed by atoms with Gasteiger partial charge < -0.3 is 14.9 Å². The number of carbonyl (C=O) groups is 2. The molecular formula is C11H12O5S. The molecule has 0 radical (unpaired) electrons. The molecule has 6 heteroatoms. The molecule has 0 aliphatic carbocycles. The Morgan fingerprint density at radius 3 is 2.47 bits per heavy atom. The maximum atomic E-state index is 11.0. The van der Waals surface area contributed by atoms with Crippen LogP contribution in [0.4, 0.5) is 0 Å².